The number of aromatic carboxylic acids is 1. The smallest absolute Gasteiger partial charge is 0.340 e. The van der Waals surface area contributed by atoms with Crippen LogP contribution in [0, 0.1) is 0 Å². The Hall–Kier alpha value is -11.1. The van der Waals surface area contributed by atoms with Gasteiger partial charge in [0.25, 0.3) is 5.79 Å². The molecule has 83 heavy (non-hydrogen) atoms. The van der Waals surface area contributed by atoms with Crippen LogP contribution in [0.15, 0.2) is 48.0 Å². The molecule has 8 atom stereocenters. The van der Waals surface area contributed by atoms with Crippen LogP contribution in [-0.2, 0) is 42.8 Å². The SMILES string of the molecule is CC(=O)C[C@]1(O)C(=O)C=C2C(=O)O[C@H]3[C@@H]4OC(=O)c5cc(Oc6c(C(=O)O)cc(O)c(O)c6O)c(O)c(O)c5-c5c(cc(O)c(O)c5O)C(=O)OC[C@H]3O[C@@H](OC(=O)c3cc(O)c(O)c(O)c3)[C@@H]4OC(=O)c3cc(O)c(O)c4c3[C@H]2[C@@]1(O)O4. The van der Waals surface area contributed by atoms with Gasteiger partial charge in [-0.3, -0.25) is 9.59 Å². The topological polar surface area (TPSA) is 534 Å². The molecule has 0 saturated carbocycles. The number of aliphatic hydroxyl groups is 2. The molecule has 4 bridgehead atoms. The average Bonchev–Trinajstić information content (AvgIpc) is 2.32. The summed E-state index contributed by atoms with van der Waals surface area (Å²) in [6, 6.07) is 2.41. The number of phenols is 13. The summed E-state index contributed by atoms with van der Waals surface area (Å²) in [5.41, 5.74) is -13.7. The predicted octanol–water partition coefficient (Wildman–Crippen LogP) is 0.830. The van der Waals surface area contributed by atoms with Gasteiger partial charge in [-0.2, -0.15) is 0 Å². The number of carboxylic acid groups (broad SMARTS) is 1. The Kier molecular flexibility index (Phi) is 12.7. The molecule has 4 heterocycles. The minimum absolute atomic E-state index is 0.283. The van der Waals surface area contributed by atoms with Crippen LogP contribution in [0.3, 0.4) is 0 Å². The number of benzene rings is 5. The third-order valence-corrected chi connectivity index (χ3v) is 13.8. The van der Waals surface area contributed by atoms with E-state index in [-0.39, 0.29) is 6.07 Å². The van der Waals surface area contributed by atoms with Gasteiger partial charge in [-0.05, 0) is 37.3 Å². The van der Waals surface area contributed by atoms with E-state index in [2.05, 4.69) is 0 Å². The van der Waals surface area contributed by atoms with Crippen LogP contribution in [0.4, 0.5) is 0 Å². The third-order valence-electron chi connectivity index (χ3n) is 13.8. The van der Waals surface area contributed by atoms with E-state index in [1.54, 1.807) is 0 Å². The molecule has 32 heteroatoms. The fourth-order valence-corrected chi connectivity index (χ4v) is 9.97. The summed E-state index contributed by atoms with van der Waals surface area (Å²) >= 11 is 0. The van der Waals surface area contributed by atoms with Gasteiger partial charge in [0.05, 0.1) is 33.7 Å². The van der Waals surface area contributed by atoms with Crippen LogP contribution in [-0.4, -0.2) is 178 Å². The molecule has 0 unspecified atom stereocenters. The molecule has 5 aliphatic rings. The van der Waals surface area contributed by atoms with Gasteiger partial charge < -0.3 is 120 Å². The van der Waals surface area contributed by atoms with Crippen molar-refractivity contribution in [2.45, 2.75) is 61.4 Å². The van der Waals surface area contributed by atoms with Crippen LogP contribution >= 0.6 is 0 Å². The quantitative estimate of drug-likeness (QED) is 0.0609. The van der Waals surface area contributed by atoms with Crippen LogP contribution in [0.2, 0.25) is 0 Å². The number of hydrogen-bond acceptors (Lipinski definition) is 31. The van der Waals surface area contributed by atoms with Crippen molar-refractivity contribution in [2.75, 3.05) is 6.61 Å². The molecule has 0 aromatic heterocycles. The zero-order chi connectivity index (χ0) is 60.5. The molecule has 1 fully saturated rings. The Morgan fingerprint density at radius 2 is 1.14 bits per heavy atom. The number of aromatic hydroxyl groups is 13. The molecule has 432 valence electrons. The van der Waals surface area contributed by atoms with Crippen LogP contribution in [0.25, 0.3) is 11.1 Å². The average molecular weight is 1160 g/mol. The third kappa shape index (κ3) is 8.33. The molecule has 32 nitrogen and oxygen atoms in total. The molecule has 10 rings (SSSR count). The Morgan fingerprint density at radius 1 is 0.602 bits per heavy atom. The van der Waals surface area contributed by atoms with Crippen LogP contribution in [0.5, 0.6) is 92.0 Å². The number of cyclic esters (lactones) is 1. The largest absolute Gasteiger partial charge is 0.504 e. The molecular formula is C51H36O32. The first-order valence-corrected chi connectivity index (χ1v) is 23.4. The molecule has 1 aliphatic carbocycles. The Morgan fingerprint density at radius 3 is 1.78 bits per heavy atom. The maximum Gasteiger partial charge on any atom is 0.340 e. The van der Waals surface area contributed by atoms with E-state index in [0.29, 0.717) is 36.4 Å². The number of fused-ring (bicyclic) bond motifs is 3. The zero-order valence-corrected chi connectivity index (χ0v) is 41.1. The highest BCUT2D eigenvalue weighted by Gasteiger charge is 2.71. The summed E-state index contributed by atoms with van der Waals surface area (Å²) in [7, 11) is 0. The molecular weight excluding hydrogens is 1120 g/mol. The van der Waals surface area contributed by atoms with Crippen molar-refractivity contribution in [1.29, 1.82) is 0 Å². The lowest BCUT2D eigenvalue weighted by atomic mass is 9.67. The maximum atomic E-state index is 15.3. The van der Waals surface area contributed by atoms with E-state index in [1.165, 1.54) is 0 Å². The summed E-state index contributed by atoms with van der Waals surface area (Å²) in [4.78, 5) is 113. The Balaban J connectivity index is 1.23. The minimum Gasteiger partial charge on any atom is -0.504 e. The monoisotopic (exact) mass is 1160 g/mol. The molecule has 5 aromatic carbocycles. The second-order valence-corrected chi connectivity index (χ2v) is 18.9. The molecule has 5 aromatic rings. The fraction of sp³-hybridized carbons (Fsp3) is 0.216. The van der Waals surface area contributed by atoms with Gasteiger partial charge in [-0.1, -0.05) is 0 Å². The molecule has 4 aliphatic heterocycles. The highest BCUT2D eigenvalue weighted by molar-refractivity contribution is 6.11. The van der Waals surface area contributed by atoms with Crippen LogP contribution in [0.1, 0.15) is 76.6 Å². The lowest BCUT2D eigenvalue weighted by Crippen LogP contribution is -2.67. The molecule has 0 radical (unpaired) electrons. The molecule has 0 spiro atoms. The standard InChI is InChI=1S/C51H36O32/c1-11(52)9-50(74)25(58)8-16-29-28-14(5-22(57)33(62)40(28)83-51(29,50)75)46(71)81-42-41-39(79-48(16)73)24(78-49(42)82-44(69)12-2-18(53)30(59)19(54)3-12)10-76-45(70)13-4-20(55)31(60)35(64)26(13)27-15(47(72)80-41)7-23(34(63)36(27)65)77-38-17(43(67)68)6-21(56)32(61)37(38)66/h2-8,24,29,39,41-42,49,53-57,59-66,74-75H,9-10H2,1H3,(H,67,68)/t24-,29+,39-,41+,42-,49+,50+,51-/m1/s1. The van der Waals surface area contributed by atoms with Crippen molar-refractivity contribution < 1.29 is 158 Å². The summed E-state index contributed by atoms with van der Waals surface area (Å²) < 4.78 is 45.5. The van der Waals surface area contributed by atoms with Crippen molar-refractivity contribution in [3.63, 3.8) is 0 Å². The van der Waals surface area contributed by atoms with Crippen molar-refractivity contribution in [2.24, 2.45) is 0 Å². The number of hydrogen-bond donors (Lipinski definition) is 16. The van der Waals surface area contributed by atoms with Gasteiger partial charge in [-0.25, -0.2) is 28.8 Å². The first kappa shape index (κ1) is 55.2. The second kappa shape index (κ2) is 19.0. The second-order valence-electron chi connectivity index (χ2n) is 18.9. The van der Waals surface area contributed by atoms with Crippen molar-refractivity contribution in [3.05, 3.63) is 81.4 Å². The highest BCUT2D eigenvalue weighted by Crippen LogP contribution is 2.61. The van der Waals surface area contributed by atoms with Gasteiger partial charge in [0.2, 0.25) is 41.1 Å². The number of ketones is 2. The summed E-state index contributed by atoms with van der Waals surface area (Å²) in [6.07, 6.45) is -14.1. The zero-order valence-electron chi connectivity index (χ0n) is 41.1. The van der Waals surface area contributed by atoms with Crippen molar-refractivity contribution in [1.82, 2.24) is 0 Å². The van der Waals surface area contributed by atoms with E-state index >= 15 is 9.59 Å². The number of rotatable bonds is 7. The maximum absolute atomic E-state index is 15.3. The van der Waals surface area contributed by atoms with Gasteiger partial charge >= 0.3 is 35.8 Å². The number of phenolic OH excluding ortho intramolecular Hbond substituents is 13. The van der Waals surface area contributed by atoms with Crippen molar-refractivity contribution in [3.8, 4) is 103 Å². The molecule has 0 amide bonds. The van der Waals surface area contributed by atoms with E-state index in [9.17, 15) is 110 Å². The van der Waals surface area contributed by atoms with Crippen molar-refractivity contribution >= 4 is 47.4 Å². The fourth-order valence-electron chi connectivity index (χ4n) is 9.97. The Bertz CT molecular complexity index is 3840. The molecule has 1 saturated heterocycles. The lowest BCUT2D eigenvalue weighted by Gasteiger charge is -2.45. The minimum atomic E-state index is -3.63. The number of ether oxygens (including phenoxy) is 8. The number of esters is 5. The summed E-state index contributed by atoms with van der Waals surface area (Å²) in [5, 5.41) is 174. The van der Waals surface area contributed by atoms with E-state index in [4.69, 9.17) is 37.9 Å². The number of carbonyl (C=O) groups is 8. The number of carbonyl (C=O) groups excluding carboxylic acids is 7. The summed E-state index contributed by atoms with van der Waals surface area (Å²) in [6.45, 7) is -0.559. The van der Waals surface area contributed by atoms with E-state index in [1.807, 2.05) is 0 Å². The van der Waals surface area contributed by atoms with E-state index in [0.717, 1.165) is 6.92 Å². The number of carboxylic acids is 1. The molecule has 16 N–H and O–H groups in total. The number of Topliss-reactive ketones (excluding diaryl/α,β-unsaturated/α-hetero) is 1. The first-order valence-electron chi connectivity index (χ1n) is 23.4. The Labute approximate surface area is 457 Å². The van der Waals surface area contributed by atoms with Gasteiger partial charge in [0.1, 0.15) is 24.1 Å². The van der Waals surface area contributed by atoms with Gasteiger partial charge in [0.15, 0.2) is 86.8 Å². The highest BCUT2D eigenvalue weighted by atomic mass is 16.7. The van der Waals surface area contributed by atoms with E-state index < -0.39 is 250 Å². The van der Waals surface area contributed by atoms with Gasteiger partial charge in [-0.15, -0.1) is 0 Å². The first-order chi connectivity index (χ1) is 38.9. The van der Waals surface area contributed by atoms with Crippen LogP contribution < -0.4 is 9.47 Å². The lowest BCUT2D eigenvalue weighted by molar-refractivity contribution is -0.286. The summed E-state index contributed by atoms with van der Waals surface area (Å²) in [5.74, 6) is -42.1. The van der Waals surface area contributed by atoms with Gasteiger partial charge in [0, 0.05) is 35.2 Å². The predicted molar refractivity (Wildman–Crippen MR) is 254 cm³/mol. The normalized spacial score (nSPS) is 24.2.